The third-order valence-electron chi connectivity index (χ3n) is 8.04. The zero-order valence-electron chi connectivity index (χ0n) is 24.0. The van der Waals surface area contributed by atoms with E-state index in [4.69, 9.17) is 55.9 Å². The van der Waals surface area contributed by atoms with Gasteiger partial charge in [0.1, 0.15) is 23.7 Å². The maximum atomic E-state index is 6.58. The number of ether oxygens (including phenoxy) is 2. The molecular weight excluding hydrogens is 610 g/mol. The first-order valence-corrected chi connectivity index (χ1v) is 15.5. The van der Waals surface area contributed by atoms with Gasteiger partial charge >= 0.3 is 0 Å². The summed E-state index contributed by atoms with van der Waals surface area (Å²) in [6, 6.07) is 19.7. The Balaban J connectivity index is 1.14. The molecule has 0 N–H and O–H groups in total. The highest BCUT2D eigenvalue weighted by Gasteiger charge is 2.31. The van der Waals surface area contributed by atoms with Crippen molar-refractivity contribution in [3.05, 3.63) is 103 Å². The first kappa shape index (κ1) is 29.6. The summed E-state index contributed by atoms with van der Waals surface area (Å²) < 4.78 is 13.1. The van der Waals surface area contributed by atoms with E-state index in [1.54, 1.807) is 12.1 Å². The second-order valence-electron chi connectivity index (χ2n) is 11.4. The maximum Gasteiger partial charge on any atom is 0.131 e. The quantitative estimate of drug-likeness (QED) is 0.188. The van der Waals surface area contributed by atoms with E-state index in [2.05, 4.69) is 62.2 Å². The van der Waals surface area contributed by atoms with Gasteiger partial charge in [-0.2, -0.15) is 0 Å². The highest BCUT2D eigenvalue weighted by atomic mass is 35.5. The third kappa shape index (κ3) is 5.99. The van der Waals surface area contributed by atoms with E-state index in [0.29, 0.717) is 20.1 Å². The van der Waals surface area contributed by atoms with Crippen LogP contribution in [-0.2, 0) is 12.8 Å². The third-order valence-corrected chi connectivity index (χ3v) is 9.17. The molecule has 0 aromatic heterocycles. The molecule has 2 aliphatic heterocycles. The van der Waals surface area contributed by atoms with Crippen LogP contribution in [-0.4, -0.2) is 49.4 Å². The lowest BCUT2D eigenvalue weighted by Gasteiger charge is -2.31. The summed E-state index contributed by atoms with van der Waals surface area (Å²) >= 11 is 25.8. The number of likely N-dealkylation sites (N-methyl/N-ethyl adjacent to an activating group) is 2. The van der Waals surface area contributed by atoms with Crippen LogP contribution in [0.15, 0.2) is 60.7 Å². The molecule has 0 fully saturated rings. The van der Waals surface area contributed by atoms with Crippen molar-refractivity contribution in [3.8, 4) is 33.8 Å². The molecule has 8 heteroatoms. The molecule has 4 nitrogen and oxygen atoms in total. The van der Waals surface area contributed by atoms with Crippen molar-refractivity contribution in [2.45, 2.75) is 38.9 Å². The van der Waals surface area contributed by atoms with Crippen molar-refractivity contribution >= 4 is 46.4 Å². The van der Waals surface area contributed by atoms with Crippen LogP contribution in [0.5, 0.6) is 11.5 Å². The van der Waals surface area contributed by atoms with Gasteiger partial charge in [0, 0.05) is 69.3 Å². The van der Waals surface area contributed by atoms with Crippen molar-refractivity contribution in [1.82, 2.24) is 10.0 Å². The number of fused-ring (bicyclic) bond motifs is 2. The van der Waals surface area contributed by atoms with Crippen molar-refractivity contribution in [2.24, 2.45) is 0 Å². The van der Waals surface area contributed by atoms with Crippen LogP contribution in [0, 0.1) is 13.8 Å². The summed E-state index contributed by atoms with van der Waals surface area (Å²) in [7, 11) is 4.19. The van der Waals surface area contributed by atoms with E-state index >= 15 is 0 Å². The predicted octanol–water partition coefficient (Wildman–Crippen LogP) is 9.34. The molecular formula is C34H32Cl4N2O2. The van der Waals surface area contributed by atoms with Gasteiger partial charge in [0.2, 0.25) is 0 Å². The summed E-state index contributed by atoms with van der Waals surface area (Å²) in [5.74, 6) is 1.78. The Hall–Kier alpha value is -2.44. The van der Waals surface area contributed by atoms with Gasteiger partial charge in [-0.25, -0.2) is 10.0 Å². The van der Waals surface area contributed by atoms with Crippen LogP contribution in [0.2, 0.25) is 20.1 Å². The normalized spacial score (nSPS) is 17.4. The number of benzene rings is 4. The predicted molar refractivity (Wildman–Crippen MR) is 175 cm³/mol. The Labute approximate surface area is 267 Å². The van der Waals surface area contributed by atoms with Gasteiger partial charge in [0.25, 0.3) is 0 Å². The Bertz CT molecular complexity index is 1550. The zero-order chi connectivity index (χ0) is 29.7. The van der Waals surface area contributed by atoms with Crippen LogP contribution < -0.4 is 9.47 Å². The van der Waals surface area contributed by atoms with Crippen LogP contribution in [0.3, 0.4) is 0 Å². The first-order chi connectivity index (χ1) is 20.0. The highest BCUT2D eigenvalue weighted by Crippen LogP contribution is 2.44. The summed E-state index contributed by atoms with van der Waals surface area (Å²) in [5, 5.41) is 7.03. The summed E-state index contributed by atoms with van der Waals surface area (Å²) in [6.07, 6.45) is 1.67. The van der Waals surface area contributed by atoms with E-state index in [-0.39, 0.29) is 12.2 Å². The van der Waals surface area contributed by atoms with Gasteiger partial charge in [-0.15, -0.1) is 0 Å². The topological polar surface area (TPSA) is 24.9 Å². The molecule has 0 saturated carbocycles. The molecule has 0 amide bonds. The van der Waals surface area contributed by atoms with Crippen molar-refractivity contribution < 1.29 is 9.47 Å². The Morgan fingerprint density at radius 3 is 1.40 bits per heavy atom. The van der Waals surface area contributed by atoms with E-state index in [1.165, 1.54) is 22.3 Å². The number of hydrogen-bond donors (Lipinski definition) is 0. The lowest BCUT2D eigenvalue weighted by atomic mass is 9.97. The van der Waals surface area contributed by atoms with Gasteiger partial charge in [0.15, 0.2) is 0 Å². The van der Waals surface area contributed by atoms with Crippen LogP contribution >= 0.6 is 46.4 Å². The number of hydrogen-bond acceptors (Lipinski definition) is 4. The number of halogens is 4. The SMILES string of the molecule is Cc1cc2c(c(-c3cc(Cl)ccc3Cl)c1)OC(CN(C)N(C)CC1Cc3cc(C)cc(-c4cc(Cl)ccc4Cl)c3O1)C2. The molecule has 218 valence electrons. The van der Waals surface area contributed by atoms with Crippen LogP contribution in [0.25, 0.3) is 22.3 Å². The van der Waals surface area contributed by atoms with Crippen molar-refractivity contribution in [2.75, 3.05) is 27.2 Å². The average molecular weight is 642 g/mol. The van der Waals surface area contributed by atoms with Crippen molar-refractivity contribution in [3.63, 3.8) is 0 Å². The molecule has 42 heavy (non-hydrogen) atoms. The summed E-state index contributed by atoms with van der Waals surface area (Å²) in [4.78, 5) is 0. The lowest BCUT2D eigenvalue weighted by molar-refractivity contribution is -0.0221. The summed E-state index contributed by atoms with van der Waals surface area (Å²) in [5.41, 5.74) is 8.47. The molecule has 2 heterocycles. The van der Waals surface area contributed by atoms with Gasteiger partial charge in [0.05, 0.1) is 13.1 Å². The molecule has 2 aliphatic rings. The number of aryl methyl sites for hydroxylation is 2. The van der Waals surface area contributed by atoms with Gasteiger partial charge in [-0.05, 0) is 84.6 Å². The second-order valence-corrected chi connectivity index (χ2v) is 13.1. The fraction of sp³-hybridized carbons (Fsp3) is 0.294. The van der Waals surface area contributed by atoms with E-state index in [0.717, 1.165) is 59.7 Å². The van der Waals surface area contributed by atoms with E-state index in [9.17, 15) is 0 Å². The molecule has 0 aliphatic carbocycles. The maximum absolute atomic E-state index is 6.58. The van der Waals surface area contributed by atoms with Crippen LogP contribution in [0.1, 0.15) is 22.3 Å². The number of hydrazine groups is 1. The highest BCUT2D eigenvalue weighted by molar-refractivity contribution is 6.36. The smallest absolute Gasteiger partial charge is 0.131 e. The molecule has 0 spiro atoms. The zero-order valence-corrected chi connectivity index (χ0v) is 27.0. The molecule has 4 aromatic carbocycles. The largest absolute Gasteiger partial charge is 0.488 e. The average Bonchev–Trinajstić information content (AvgIpc) is 3.53. The monoisotopic (exact) mass is 640 g/mol. The number of rotatable bonds is 7. The Morgan fingerprint density at radius 2 is 1.00 bits per heavy atom. The molecule has 0 bridgehead atoms. The lowest BCUT2D eigenvalue weighted by Crippen LogP contribution is -2.46. The number of nitrogens with zero attached hydrogens (tertiary/aromatic N) is 2. The minimum atomic E-state index is 0.00637. The Kier molecular flexibility index (Phi) is 8.41. The molecule has 0 radical (unpaired) electrons. The molecule has 2 atom stereocenters. The Morgan fingerprint density at radius 1 is 0.595 bits per heavy atom. The van der Waals surface area contributed by atoms with Gasteiger partial charge in [-0.1, -0.05) is 58.5 Å². The fourth-order valence-corrected chi connectivity index (χ4v) is 6.85. The standard InChI is InChI=1S/C34H32Cl4N2O2/c1-19-9-21-13-25(41-33(21)29(11-19)27-15-23(35)5-7-31(27)37)17-39(3)40(4)18-26-14-22-10-20(2)12-30(34(22)42-26)28-16-24(36)6-8-32(28)38/h5-12,15-16,25-26H,13-14,17-18H2,1-4H3. The summed E-state index contributed by atoms with van der Waals surface area (Å²) in [6.45, 7) is 5.66. The van der Waals surface area contributed by atoms with E-state index < -0.39 is 0 Å². The fourth-order valence-electron chi connectivity index (χ4n) is 6.07. The minimum absolute atomic E-state index is 0.00637. The van der Waals surface area contributed by atoms with Gasteiger partial charge in [-0.3, -0.25) is 0 Å². The first-order valence-electron chi connectivity index (χ1n) is 14.0. The second kappa shape index (κ2) is 11.9. The van der Waals surface area contributed by atoms with Crippen molar-refractivity contribution in [1.29, 1.82) is 0 Å². The molecule has 2 unspecified atom stereocenters. The van der Waals surface area contributed by atoms with E-state index in [1.807, 2.05) is 24.3 Å². The molecule has 4 aromatic rings. The molecule has 0 saturated heterocycles. The van der Waals surface area contributed by atoms with Gasteiger partial charge < -0.3 is 9.47 Å². The molecule has 6 rings (SSSR count). The minimum Gasteiger partial charge on any atom is -0.488 e. The van der Waals surface area contributed by atoms with Crippen LogP contribution in [0.4, 0.5) is 0 Å².